The van der Waals surface area contributed by atoms with Crippen LogP contribution in [-0.4, -0.2) is 38.9 Å². The van der Waals surface area contributed by atoms with Crippen molar-refractivity contribution in [2.45, 2.75) is 55.4 Å². The van der Waals surface area contributed by atoms with E-state index in [0.29, 0.717) is 10.8 Å². The van der Waals surface area contributed by atoms with Crippen LogP contribution < -0.4 is 5.32 Å². The maximum Gasteiger partial charge on any atom is 0.243 e. The minimum atomic E-state index is -3.38. The highest BCUT2D eigenvalue weighted by Gasteiger charge is 2.30. The summed E-state index contributed by atoms with van der Waals surface area (Å²) in [6.45, 7) is 1.64. The number of hydrogen-bond donors (Lipinski definition) is 1. The molecule has 1 atom stereocenters. The molecule has 1 aromatic carbocycles. The van der Waals surface area contributed by atoms with Crippen LogP contribution in [0.2, 0.25) is 0 Å². The van der Waals surface area contributed by atoms with Crippen LogP contribution >= 0.6 is 12.4 Å². The van der Waals surface area contributed by atoms with Crippen molar-refractivity contribution in [2.75, 3.05) is 20.1 Å². The van der Waals surface area contributed by atoms with E-state index in [1.807, 2.05) is 12.1 Å². The summed E-state index contributed by atoms with van der Waals surface area (Å²) in [4.78, 5) is 0.418. The minimum absolute atomic E-state index is 0. The van der Waals surface area contributed by atoms with E-state index >= 15 is 0 Å². The standard InChI is InChI=1S/C17H26N2O2S.ClH/c1-19(16-11-12-18-13-16)22(20,21)17-9-7-15(8-10-17)14-5-3-2-4-6-14;/h7-10,14,16,18H,2-6,11-13H2,1H3;1H. The molecule has 1 saturated carbocycles. The van der Waals surface area contributed by atoms with E-state index in [4.69, 9.17) is 0 Å². The molecule has 6 heteroatoms. The van der Waals surface area contributed by atoms with E-state index in [1.165, 1.54) is 42.0 Å². The van der Waals surface area contributed by atoms with Crippen LogP contribution in [0.5, 0.6) is 0 Å². The highest BCUT2D eigenvalue weighted by Crippen LogP contribution is 2.33. The first-order valence-electron chi connectivity index (χ1n) is 8.38. The van der Waals surface area contributed by atoms with E-state index in [-0.39, 0.29) is 18.4 Å². The molecule has 0 spiro atoms. The van der Waals surface area contributed by atoms with Gasteiger partial charge in [0.05, 0.1) is 4.90 Å². The fourth-order valence-corrected chi connectivity index (χ4v) is 5.05. The van der Waals surface area contributed by atoms with Crippen molar-refractivity contribution < 1.29 is 8.42 Å². The predicted octanol–water partition coefficient (Wildman–Crippen LogP) is 3.14. The summed E-state index contributed by atoms with van der Waals surface area (Å²) < 4.78 is 26.9. The molecule has 3 rings (SSSR count). The molecule has 1 saturated heterocycles. The average molecular weight is 359 g/mol. The van der Waals surface area contributed by atoms with Gasteiger partial charge in [0.1, 0.15) is 0 Å². The van der Waals surface area contributed by atoms with E-state index < -0.39 is 10.0 Å². The van der Waals surface area contributed by atoms with Crippen molar-refractivity contribution in [3.8, 4) is 0 Å². The summed E-state index contributed by atoms with van der Waals surface area (Å²) in [7, 11) is -1.68. The zero-order chi connectivity index (χ0) is 15.6. The summed E-state index contributed by atoms with van der Waals surface area (Å²) in [5, 5.41) is 3.22. The van der Waals surface area contributed by atoms with Gasteiger partial charge in [0, 0.05) is 19.6 Å². The molecule has 130 valence electrons. The van der Waals surface area contributed by atoms with Gasteiger partial charge in [-0.1, -0.05) is 31.4 Å². The number of halogens is 1. The van der Waals surface area contributed by atoms with Gasteiger partial charge in [-0.15, -0.1) is 12.4 Å². The van der Waals surface area contributed by atoms with Gasteiger partial charge in [-0.2, -0.15) is 4.31 Å². The molecule has 0 amide bonds. The lowest BCUT2D eigenvalue weighted by atomic mass is 9.84. The molecule has 1 heterocycles. The zero-order valence-electron chi connectivity index (χ0n) is 13.7. The Hall–Kier alpha value is -0.620. The molecule has 4 nitrogen and oxygen atoms in total. The van der Waals surface area contributed by atoms with Crippen LogP contribution in [-0.2, 0) is 10.0 Å². The molecule has 1 unspecified atom stereocenters. The van der Waals surface area contributed by atoms with Crippen molar-refractivity contribution in [3.63, 3.8) is 0 Å². The van der Waals surface area contributed by atoms with Crippen molar-refractivity contribution in [1.29, 1.82) is 0 Å². The van der Waals surface area contributed by atoms with Gasteiger partial charge in [-0.05, 0) is 49.4 Å². The number of hydrogen-bond acceptors (Lipinski definition) is 3. The highest BCUT2D eigenvalue weighted by atomic mass is 35.5. The fraction of sp³-hybridized carbons (Fsp3) is 0.647. The number of nitrogens with zero attached hydrogens (tertiary/aromatic N) is 1. The maximum absolute atomic E-state index is 12.7. The predicted molar refractivity (Wildman–Crippen MR) is 95.7 cm³/mol. The van der Waals surface area contributed by atoms with Crippen molar-refractivity contribution >= 4 is 22.4 Å². The normalized spacial score (nSPS) is 23.0. The van der Waals surface area contributed by atoms with Crippen LogP contribution in [0.1, 0.15) is 50.0 Å². The van der Waals surface area contributed by atoms with Gasteiger partial charge in [0.2, 0.25) is 10.0 Å². The molecule has 0 aromatic heterocycles. The fourth-order valence-electron chi connectivity index (χ4n) is 3.66. The van der Waals surface area contributed by atoms with E-state index in [9.17, 15) is 8.42 Å². The first-order chi connectivity index (χ1) is 10.6. The summed E-state index contributed by atoms with van der Waals surface area (Å²) in [6, 6.07) is 7.69. The second-order valence-electron chi connectivity index (χ2n) is 6.57. The third-order valence-corrected chi connectivity index (χ3v) is 7.11. The first-order valence-corrected chi connectivity index (χ1v) is 9.82. The molecule has 0 bridgehead atoms. The number of sulfonamides is 1. The summed E-state index contributed by atoms with van der Waals surface area (Å²) in [5.74, 6) is 0.613. The number of likely N-dealkylation sites (N-methyl/N-ethyl adjacent to an activating group) is 1. The average Bonchev–Trinajstić information content (AvgIpc) is 3.09. The van der Waals surface area contributed by atoms with Crippen LogP contribution in [0.3, 0.4) is 0 Å². The quantitative estimate of drug-likeness (QED) is 0.899. The molecule has 23 heavy (non-hydrogen) atoms. The lowest BCUT2D eigenvalue weighted by molar-refractivity contribution is 0.387. The molecular weight excluding hydrogens is 332 g/mol. The Morgan fingerprint density at radius 3 is 2.26 bits per heavy atom. The van der Waals surface area contributed by atoms with Crippen LogP contribution in [0, 0.1) is 0 Å². The third-order valence-electron chi connectivity index (χ3n) is 5.18. The molecular formula is C17H27ClN2O2S. The Morgan fingerprint density at radius 1 is 1.04 bits per heavy atom. The Kier molecular flexibility index (Phi) is 6.48. The largest absolute Gasteiger partial charge is 0.315 e. The molecule has 1 N–H and O–H groups in total. The van der Waals surface area contributed by atoms with E-state index in [0.717, 1.165) is 19.5 Å². The Bertz CT molecular complexity index is 592. The zero-order valence-corrected chi connectivity index (χ0v) is 15.3. The third kappa shape index (κ3) is 4.08. The van der Waals surface area contributed by atoms with Crippen molar-refractivity contribution in [3.05, 3.63) is 29.8 Å². The van der Waals surface area contributed by atoms with Gasteiger partial charge in [0.15, 0.2) is 0 Å². The smallest absolute Gasteiger partial charge is 0.243 e. The van der Waals surface area contributed by atoms with E-state index in [2.05, 4.69) is 5.32 Å². The van der Waals surface area contributed by atoms with Crippen LogP contribution in [0.25, 0.3) is 0 Å². The van der Waals surface area contributed by atoms with Gasteiger partial charge >= 0.3 is 0 Å². The Morgan fingerprint density at radius 2 is 1.70 bits per heavy atom. The summed E-state index contributed by atoms with van der Waals surface area (Å²) in [5.41, 5.74) is 1.30. The number of rotatable bonds is 4. The minimum Gasteiger partial charge on any atom is -0.315 e. The Balaban J connectivity index is 0.00000192. The molecule has 2 aliphatic rings. The van der Waals surface area contributed by atoms with Crippen molar-refractivity contribution in [2.24, 2.45) is 0 Å². The van der Waals surface area contributed by atoms with Gasteiger partial charge < -0.3 is 5.32 Å². The lowest BCUT2D eigenvalue weighted by Crippen LogP contribution is -2.38. The topological polar surface area (TPSA) is 49.4 Å². The van der Waals surface area contributed by atoms with Crippen LogP contribution in [0.15, 0.2) is 29.2 Å². The Labute approximate surface area is 146 Å². The molecule has 0 radical (unpaired) electrons. The van der Waals surface area contributed by atoms with Gasteiger partial charge in [0.25, 0.3) is 0 Å². The van der Waals surface area contributed by atoms with E-state index in [1.54, 1.807) is 19.2 Å². The number of nitrogens with one attached hydrogen (secondary N) is 1. The lowest BCUT2D eigenvalue weighted by Gasteiger charge is -2.24. The van der Waals surface area contributed by atoms with Gasteiger partial charge in [-0.25, -0.2) is 8.42 Å². The highest BCUT2D eigenvalue weighted by molar-refractivity contribution is 7.89. The van der Waals surface area contributed by atoms with Gasteiger partial charge in [-0.3, -0.25) is 0 Å². The maximum atomic E-state index is 12.7. The SMILES string of the molecule is CN(C1CCNC1)S(=O)(=O)c1ccc(C2CCCCC2)cc1.Cl. The molecule has 1 aliphatic heterocycles. The summed E-state index contributed by atoms with van der Waals surface area (Å²) in [6.07, 6.45) is 7.28. The molecule has 2 fully saturated rings. The first kappa shape index (κ1) is 18.7. The summed E-state index contributed by atoms with van der Waals surface area (Å²) >= 11 is 0. The second kappa shape index (κ2) is 7.97. The molecule has 1 aliphatic carbocycles. The second-order valence-corrected chi connectivity index (χ2v) is 8.57. The number of benzene rings is 1. The van der Waals surface area contributed by atoms with Crippen molar-refractivity contribution in [1.82, 2.24) is 9.62 Å². The molecule has 1 aromatic rings. The monoisotopic (exact) mass is 358 g/mol. The van der Waals surface area contributed by atoms with Crippen LogP contribution in [0.4, 0.5) is 0 Å².